The van der Waals surface area contributed by atoms with Crippen LogP contribution in [0.15, 0.2) is 0 Å². The maximum atomic E-state index is 5.92. The maximum absolute atomic E-state index is 5.92. The van der Waals surface area contributed by atoms with Crippen LogP contribution < -0.4 is 5.73 Å². The molecule has 2 N–H and O–H groups in total. The molecule has 0 aliphatic carbocycles. The van der Waals surface area contributed by atoms with Gasteiger partial charge in [0.15, 0.2) is 5.82 Å². The molecular weight excluding hydrogens is 204 g/mol. The summed E-state index contributed by atoms with van der Waals surface area (Å²) in [6.45, 7) is 1.74. The third-order valence-electron chi connectivity index (χ3n) is 3.39. The minimum absolute atomic E-state index is 0.114. The first-order valence-corrected chi connectivity index (χ1v) is 6.14. The molecule has 3 heterocycles. The summed E-state index contributed by atoms with van der Waals surface area (Å²) < 4.78 is 7.70. The summed E-state index contributed by atoms with van der Waals surface area (Å²) in [6.07, 6.45) is 5.39. The van der Waals surface area contributed by atoms with Crippen molar-refractivity contribution < 1.29 is 4.74 Å². The third kappa shape index (κ3) is 1.85. The zero-order chi connectivity index (χ0) is 11.0. The Morgan fingerprint density at radius 2 is 2.25 bits per heavy atom. The summed E-state index contributed by atoms with van der Waals surface area (Å²) in [5, 5.41) is 4.53. The van der Waals surface area contributed by atoms with E-state index < -0.39 is 0 Å². The van der Waals surface area contributed by atoms with Gasteiger partial charge in [-0.1, -0.05) is 0 Å². The second kappa shape index (κ2) is 4.14. The SMILES string of the molecule is NC1CCn2nc(C3CCCCO3)nc2C1. The first-order valence-electron chi connectivity index (χ1n) is 6.14. The molecule has 1 aromatic heterocycles. The van der Waals surface area contributed by atoms with Crippen LogP contribution in [0.25, 0.3) is 0 Å². The van der Waals surface area contributed by atoms with Crippen LogP contribution >= 0.6 is 0 Å². The molecule has 2 atom stereocenters. The van der Waals surface area contributed by atoms with Crippen molar-refractivity contribution >= 4 is 0 Å². The van der Waals surface area contributed by atoms with Gasteiger partial charge in [-0.15, -0.1) is 0 Å². The summed E-state index contributed by atoms with van der Waals surface area (Å²) in [5.74, 6) is 1.90. The highest BCUT2D eigenvalue weighted by Gasteiger charge is 2.24. The van der Waals surface area contributed by atoms with Crippen molar-refractivity contribution in [2.45, 2.75) is 50.8 Å². The van der Waals surface area contributed by atoms with Gasteiger partial charge in [-0.3, -0.25) is 0 Å². The van der Waals surface area contributed by atoms with Gasteiger partial charge in [-0.2, -0.15) is 5.10 Å². The standard InChI is InChI=1S/C11H18N4O/c12-8-4-5-15-10(7-8)13-11(14-15)9-3-1-2-6-16-9/h8-9H,1-7,12H2. The van der Waals surface area contributed by atoms with Gasteiger partial charge in [-0.05, 0) is 25.7 Å². The average molecular weight is 222 g/mol. The lowest BCUT2D eigenvalue weighted by Gasteiger charge is -2.19. The molecule has 2 aliphatic rings. The number of rotatable bonds is 1. The largest absolute Gasteiger partial charge is 0.370 e. The van der Waals surface area contributed by atoms with Crippen molar-refractivity contribution in [1.29, 1.82) is 0 Å². The zero-order valence-electron chi connectivity index (χ0n) is 9.43. The van der Waals surface area contributed by atoms with Crippen LogP contribution in [-0.4, -0.2) is 27.4 Å². The Morgan fingerprint density at radius 3 is 3.06 bits per heavy atom. The lowest BCUT2D eigenvalue weighted by atomic mass is 10.1. The van der Waals surface area contributed by atoms with Crippen LogP contribution in [0.2, 0.25) is 0 Å². The molecule has 1 saturated heterocycles. The molecule has 2 aliphatic heterocycles. The molecule has 5 heteroatoms. The van der Waals surface area contributed by atoms with Gasteiger partial charge in [0, 0.05) is 25.6 Å². The highest BCUT2D eigenvalue weighted by Crippen LogP contribution is 2.26. The molecule has 0 aromatic carbocycles. The summed E-state index contributed by atoms with van der Waals surface area (Å²) in [4.78, 5) is 4.57. The number of aromatic nitrogens is 3. The number of nitrogens with zero attached hydrogens (tertiary/aromatic N) is 3. The van der Waals surface area contributed by atoms with Crippen LogP contribution in [0.1, 0.15) is 43.4 Å². The van der Waals surface area contributed by atoms with Crippen molar-refractivity contribution in [3.63, 3.8) is 0 Å². The molecule has 0 radical (unpaired) electrons. The molecule has 0 spiro atoms. The van der Waals surface area contributed by atoms with Gasteiger partial charge < -0.3 is 10.5 Å². The fourth-order valence-corrected chi connectivity index (χ4v) is 2.43. The van der Waals surface area contributed by atoms with Crippen LogP contribution in [0, 0.1) is 0 Å². The van der Waals surface area contributed by atoms with E-state index in [0.29, 0.717) is 0 Å². The normalized spacial score (nSPS) is 30.1. The Hall–Kier alpha value is -0.940. The lowest BCUT2D eigenvalue weighted by molar-refractivity contribution is 0.00936. The Bertz CT molecular complexity index is 370. The average Bonchev–Trinajstić information content (AvgIpc) is 2.73. The van der Waals surface area contributed by atoms with Gasteiger partial charge in [-0.25, -0.2) is 9.67 Å². The van der Waals surface area contributed by atoms with E-state index in [9.17, 15) is 0 Å². The van der Waals surface area contributed by atoms with Gasteiger partial charge >= 0.3 is 0 Å². The van der Waals surface area contributed by atoms with Gasteiger partial charge in [0.05, 0.1) is 0 Å². The quantitative estimate of drug-likeness (QED) is 0.763. The zero-order valence-corrected chi connectivity index (χ0v) is 9.43. The Kier molecular flexibility index (Phi) is 2.65. The number of ether oxygens (including phenoxy) is 1. The van der Waals surface area contributed by atoms with E-state index in [2.05, 4.69) is 10.1 Å². The number of nitrogens with two attached hydrogens (primary N) is 1. The van der Waals surface area contributed by atoms with Gasteiger partial charge in [0.25, 0.3) is 0 Å². The molecule has 1 fully saturated rings. The molecule has 2 unspecified atom stereocenters. The summed E-state index contributed by atoms with van der Waals surface area (Å²) >= 11 is 0. The molecule has 88 valence electrons. The summed E-state index contributed by atoms with van der Waals surface area (Å²) in [6, 6.07) is 0.247. The smallest absolute Gasteiger partial charge is 0.179 e. The topological polar surface area (TPSA) is 66.0 Å². The Balaban J connectivity index is 1.80. The summed E-state index contributed by atoms with van der Waals surface area (Å²) in [5.41, 5.74) is 5.92. The van der Waals surface area contributed by atoms with Crippen molar-refractivity contribution in [3.05, 3.63) is 11.6 Å². The molecule has 5 nitrogen and oxygen atoms in total. The Labute approximate surface area is 95.0 Å². The third-order valence-corrected chi connectivity index (χ3v) is 3.39. The minimum atomic E-state index is 0.114. The van der Waals surface area contributed by atoms with Gasteiger partial charge in [0.1, 0.15) is 11.9 Å². The van der Waals surface area contributed by atoms with Crippen LogP contribution in [0.4, 0.5) is 0 Å². The summed E-state index contributed by atoms with van der Waals surface area (Å²) in [7, 11) is 0. The number of hydrogen-bond donors (Lipinski definition) is 1. The van der Waals surface area contributed by atoms with Crippen LogP contribution in [0.3, 0.4) is 0 Å². The number of aryl methyl sites for hydroxylation is 1. The van der Waals surface area contributed by atoms with E-state index in [1.165, 1.54) is 6.42 Å². The minimum Gasteiger partial charge on any atom is -0.370 e. The van der Waals surface area contributed by atoms with Crippen molar-refractivity contribution in [3.8, 4) is 0 Å². The molecule has 16 heavy (non-hydrogen) atoms. The first kappa shape index (κ1) is 10.2. The van der Waals surface area contributed by atoms with E-state index in [1.54, 1.807) is 0 Å². The van der Waals surface area contributed by atoms with Gasteiger partial charge in [0.2, 0.25) is 0 Å². The molecule has 3 rings (SSSR count). The fourth-order valence-electron chi connectivity index (χ4n) is 2.43. The highest BCUT2D eigenvalue weighted by molar-refractivity contribution is 5.01. The second-order valence-electron chi connectivity index (χ2n) is 4.72. The van der Waals surface area contributed by atoms with E-state index in [-0.39, 0.29) is 12.1 Å². The monoisotopic (exact) mass is 222 g/mol. The predicted molar refractivity (Wildman–Crippen MR) is 58.9 cm³/mol. The van der Waals surface area contributed by atoms with Crippen molar-refractivity contribution in [2.75, 3.05) is 6.61 Å². The van der Waals surface area contributed by atoms with Crippen LogP contribution in [0.5, 0.6) is 0 Å². The molecule has 0 bridgehead atoms. The van der Waals surface area contributed by atoms with E-state index in [4.69, 9.17) is 10.5 Å². The number of hydrogen-bond acceptors (Lipinski definition) is 4. The van der Waals surface area contributed by atoms with Crippen LogP contribution in [-0.2, 0) is 17.7 Å². The first-order chi connectivity index (χ1) is 7.83. The van der Waals surface area contributed by atoms with E-state index in [1.807, 2.05) is 4.68 Å². The van der Waals surface area contributed by atoms with E-state index >= 15 is 0 Å². The fraction of sp³-hybridized carbons (Fsp3) is 0.818. The molecule has 0 saturated carbocycles. The van der Waals surface area contributed by atoms with E-state index in [0.717, 1.165) is 50.5 Å². The lowest BCUT2D eigenvalue weighted by Crippen LogP contribution is -2.31. The molecule has 0 amide bonds. The predicted octanol–water partition coefficient (Wildman–Crippen LogP) is 0.793. The van der Waals surface area contributed by atoms with Crippen molar-refractivity contribution in [2.24, 2.45) is 5.73 Å². The molecule has 1 aromatic rings. The second-order valence-corrected chi connectivity index (χ2v) is 4.72. The molecular formula is C11H18N4O. The van der Waals surface area contributed by atoms with Crippen molar-refractivity contribution in [1.82, 2.24) is 14.8 Å². The Morgan fingerprint density at radius 1 is 1.31 bits per heavy atom. The number of fused-ring (bicyclic) bond motifs is 1. The maximum Gasteiger partial charge on any atom is 0.179 e. The highest BCUT2D eigenvalue weighted by atomic mass is 16.5.